The molecule has 7 nitrogen and oxygen atoms in total. The van der Waals surface area contributed by atoms with Crippen LogP contribution < -0.4 is 10.5 Å². The average molecular weight is 421 g/mol. The van der Waals surface area contributed by atoms with Gasteiger partial charge >= 0.3 is 0 Å². The molecule has 1 fully saturated rings. The van der Waals surface area contributed by atoms with E-state index in [0.29, 0.717) is 43.6 Å². The zero-order chi connectivity index (χ0) is 20.1. The highest BCUT2D eigenvalue weighted by Crippen LogP contribution is 2.25. The van der Waals surface area contributed by atoms with E-state index in [1.165, 1.54) is 28.6 Å². The number of ether oxygens (including phenoxy) is 1. The first-order valence-electron chi connectivity index (χ1n) is 8.54. The largest absolute Gasteiger partial charge is 0.489 e. The molecule has 1 aromatic rings. The Kier molecular flexibility index (Phi) is 7.38. The van der Waals surface area contributed by atoms with Crippen molar-refractivity contribution in [2.75, 3.05) is 38.2 Å². The van der Waals surface area contributed by atoms with E-state index in [1.807, 2.05) is 0 Å². The van der Waals surface area contributed by atoms with E-state index in [-0.39, 0.29) is 29.7 Å². The number of sulfonamides is 1. The Morgan fingerprint density at radius 1 is 1.22 bits per heavy atom. The second kappa shape index (κ2) is 9.13. The topological polar surface area (TPSA) is 107 Å². The molecule has 2 rings (SSSR count). The van der Waals surface area contributed by atoms with Gasteiger partial charge in [-0.1, -0.05) is 0 Å². The normalized spacial score (nSPS) is 17.8. The fourth-order valence-electron chi connectivity index (χ4n) is 2.87. The number of rotatable bonds is 8. The number of nitrogens with two attached hydrogens (primary N) is 1. The molecule has 0 aliphatic carbocycles. The lowest BCUT2D eigenvalue weighted by Gasteiger charge is -2.29. The van der Waals surface area contributed by atoms with Crippen LogP contribution in [0.15, 0.2) is 41.1 Å². The molecule has 1 heterocycles. The van der Waals surface area contributed by atoms with Crippen molar-refractivity contribution in [1.29, 1.82) is 0 Å². The fourth-order valence-corrected chi connectivity index (χ4v) is 5.44. The molecule has 1 aromatic carbocycles. The van der Waals surface area contributed by atoms with Crippen LogP contribution in [-0.2, 0) is 19.9 Å². The van der Waals surface area contributed by atoms with Gasteiger partial charge in [0.05, 0.1) is 23.2 Å². The lowest BCUT2D eigenvalue weighted by Crippen LogP contribution is -2.39. The van der Waals surface area contributed by atoms with Crippen LogP contribution in [0, 0.1) is 5.92 Å². The summed E-state index contributed by atoms with van der Waals surface area (Å²) in [5, 5.41) is 0. The van der Waals surface area contributed by atoms with Crippen molar-refractivity contribution in [2.45, 2.75) is 17.7 Å². The predicted molar refractivity (Wildman–Crippen MR) is 101 cm³/mol. The van der Waals surface area contributed by atoms with Gasteiger partial charge in [0.1, 0.15) is 12.4 Å². The van der Waals surface area contributed by atoms with Crippen LogP contribution in [0.25, 0.3) is 0 Å². The maximum Gasteiger partial charge on any atom is 0.211 e. The third-order valence-corrected chi connectivity index (χ3v) is 7.73. The van der Waals surface area contributed by atoms with Crippen LogP contribution in [0.3, 0.4) is 0 Å². The Hall–Kier alpha value is -1.49. The quantitative estimate of drug-likeness (QED) is 0.680. The van der Waals surface area contributed by atoms with Crippen molar-refractivity contribution in [3.63, 3.8) is 0 Å². The minimum absolute atomic E-state index is 0.00198. The smallest absolute Gasteiger partial charge is 0.211 e. The first kappa shape index (κ1) is 21.8. The second-order valence-corrected chi connectivity index (χ2v) is 10.6. The Morgan fingerprint density at radius 2 is 1.81 bits per heavy atom. The monoisotopic (exact) mass is 420 g/mol. The van der Waals surface area contributed by atoms with E-state index < -0.39 is 19.9 Å². The van der Waals surface area contributed by atoms with E-state index in [4.69, 9.17) is 10.5 Å². The lowest BCUT2D eigenvalue weighted by atomic mass is 10.0. The van der Waals surface area contributed by atoms with E-state index in [1.54, 1.807) is 0 Å². The molecule has 27 heavy (non-hydrogen) atoms. The van der Waals surface area contributed by atoms with Gasteiger partial charge in [-0.25, -0.2) is 25.5 Å². The molecule has 0 unspecified atom stereocenters. The highest BCUT2D eigenvalue weighted by Gasteiger charge is 2.28. The summed E-state index contributed by atoms with van der Waals surface area (Å²) in [6.07, 6.45) is 2.59. The summed E-state index contributed by atoms with van der Waals surface area (Å²) >= 11 is 0. The number of piperidine rings is 1. The average Bonchev–Trinajstić information content (AvgIpc) is 2.62. The molecule has 0 amide bonds. The Morgan fingerprint density at radius 3 is 2.30 bits per heavy atom. The summed E-state index contributed by atoms with van der Waals surface area (Å²) in [7, 11) is -6.72. The van der Waals surface area contributed by atoms with Crippen molar-refractivity contribution in [1.82, 2.24) is 4.31 Å². The number of sulfone groups is 1. The van der Waals surface area contributed by atoms with Crippen molar-refractivity contribution >= 4 is 19.9 Å². The Bertz CT molecular complexity index is 859. The predicted octanol–water partition coefficient (Wildman–Crippen LogP) is 1.32. The second-order valence-electron chi connectivity index (χ2n) is 6.62. The van der Waals surface area contributed by atoms with Gasteiger partial charge in [0.15, 0.2) is 9.84 Å². The summed E-state index contributed by atoms with van der Waals surface area (Å²) in [5.74, 6) is 0.320. The van der Waals surface area contributed by atoms with Crippen molar-refractivity contribution < 1.29 is 26.0 Å². The molecule has 0 spiro atoms. The molecule has 1 aliphatic rings. The zero-order valence-electron chi connectivity index (χ0n) is 15.2. The van der Waals surface area contributed by atoms with Gasteiger partial charge in [0, 0.05) is 25.2 Å². The molecule has 0 aromatic heterocycles. The van der Waals surface area contributed by atoms with Crippen LogP contribution >= 0.6 is 0 Å². The highest BCUT2D eigenvalue weighted by atomic mass is 32.2. The third kappa shape index (κ3) is 6.27. The van der Waals surface area contributed by atoms with Gasteiger partial charge in [-0.05, 0) is 43.0 Å². The summed E-state index contributed by atoms with van der Waals surface area (Å²) < 4.78 is 67.5. The highest BCUT2D eigenvalue weighted by molar-refractivity contribution is 7.91. The molecule has 152 valence electrons. The molecular weight excluding hydrogens is 395 g/mol. The van der Waals surface area contributed by atoms with Crippen LogP contribution in [0.4, 0.5) is 4.39 Å². The maximum atomic E-state index is 12.6. The standard InChI is InChI=1S/C17H25FN2O5S2/c1-26(21,22)20-8-6-14(7-9-20)13-27(23,24)17-4-2-16(3-5-17)25-12-15(10-18)11-19/h2-5,10,14H,6-9,11-13,19H2,1H3/b15-10+. The molecule has 10 heteroatoms. The molecule has 2 N–H and O–H groups in total. The number of benzene rings is 1. The van der Waals surface area contributed by atoms with Gasteiger partial charge in [0.25, 0.3) is 0 Å². The molecule has 0 radical (unpaired) electrons. The number of halogens is 1. The first-order chi connectivity index (χ1) is 12.7. The Balaban J connectivity index is 1.95. The summed E-state index contributed by atoms with van der Waals surface area (Å²) in [6, 6.07) is 5.95. The van der Waals surface area contributed by atoms with Crippen molar-refractivity contribution in [3.8, 4) is 5.75 Å². The van der Waals surface area contributed by atoms with E-state index in [2.05, 4.69) is 0 Å². The van der Waals surface area contributed by atoms with Crippen molar-refractivity contribution in [3.05, 3.63) is 36.2 Å². The molecule has 1 saturated heterocycles. The van der Waals surface area contributed by atoms with E-state index >= 15 is 0 Å². The van der Waals surface area contributed by atoms with Crippen LogP contribution in [0.1, 0.15) is 12.8 Å². The summed E-state index contributed by atoms with van der Waals surface area (Å²) in [6.45, 7) is 0.730. The van der Waals surface area contributed by atoms with Gasteiger partial charge in [-0.2, -0.15) is 0 Å². The molecule has 1 aliphatic heterocycles. The van der Waals surface area contributed by atoms with Crippen LogP contribution in [0.2, 0.25) is 0 Å². The van der Waals surface area contributed by atoms with Gasteiger partial charge in [-0.3, -0.25) is 0 Å². The summed E-state index contributed by atoms with van der Waals surface area (Å²) in [4.78, 5) is 0.181. The Labute approximate surface area is 160 Å². The molecule has 0 saturated carbocycles. The minimum atomic E-state index is -3.49. The van der Waals surface area contributed by atoms with Gasteiger partial charge < -0.3 is 10.5 Å². The zero-order valence-corrected chi connectivity index (χ0v) is 16.8. The van der Waals surface area contributed by atoms with Crippen LogP contribution in [-0.4, -0.2) is 59.4 Å². The maximum absolute atomic E-state index is 12.6. The van der Waals surface area contributed by atoms with Crippen LogP contribution in [0.5, 0.6) is 5.75 Å². The fraction of sp³-hybridized carbons (Fsp3) is 0.529. The molecule has 0 atom stereocenters. The SMILES string of the molecule is CS(=O)(=O)N1CCC(CS(=O)(=O)c2ccc(OC/C(=C/F)CN)cc2)CC1. The van der Waals surface area contributed by atoms with Crippen molar-refractivity contribution in [2.24, 2.45) is 11.7 Å². The molecular formula is C17H25FN2O5S2. The number of hydrogen-bond donors (Lipinski definition) is 1. The summed E-state index contributed by atoms with van der Waals surface area (Å²) in [5.41, 5.74) is 5.64. The minimum Gasteiger partial charge on any atom is -0.489 e. The lowest BCUT2D eigenvalue weighted by molar-refractivity contribution is 0.290. The number of hydrogen-bond acceptors (Lipinski definition) is 6. The molecule has 0 bridgehead atoms. The third-order valence-electron chi connectivity index (χ3n) is 4.52. The van der Waals surface area contributed by atoms with Gasteiger partial charge in [0.2, 0.25) is 10.0 Å². The van der Waals surface area contributed by atoms with E-state index in [9.17, 15) is 21.2 Å². The van der Waals surface area contributed by atoms with Gasteiger partial charge in [-0.15, -0.1) is 0 Å². The number of nitrogens with zero attached hydrogens (tertiary/aromatic N) is 1. The van der Waals surface area contributed by atoms with E-state index in [0.717, 1.165) is 6.26 Å². The first-order valence-corrected chi connectivity index (χ1v) is 12.0.